The van der Waals surface area contributed by atoms with Crippen LogP contribution in [-0.2, 0) is 16.1 Å². The molecule has 1 aliphatic heterocycles. The summed E-state index contributed by atoms with van der Waals surface area (Å²) in [7, 11) is 0. The van der Waals surface area contributed by atoms with Crippen LogP contribution in [0.3, 0.4) is 0 Å². The van der Waals surface area contributed by atoms with Gasteiger partial charge in [-0.2, -0.15) is 0 Å². The van der Waals surface area contributed by atoms with Gasteiger partial charge in [-0.1, -0.05) is 31.0 Å². The highest BCUT2D eigenvalue weighted by Crippen LogP contribution is 2.30. The zero-order chi connectivity index (χ0) is 20.1. The van der Waals surface area contributed by atoms with Gasteiger partial charge >= 0.3 is 0 Å². The molecule has 0 radical (unpaired) electrons. The van der Waals surface area contributed by atoms with Gasteiger partial charge in [0.1, 0.15) is 6.54 Å². The predicted octanol–water partition coefficient (Wildman–Crippen LogP) is 4.05. The highest BCUT2D eigenvalue weighted by Gasteiger charge is 2.19. The van der Waals surface area contributed by atoms with Crippen molar-refractivity contribution < 1.29 is 9.59 Å². The normalized spacial score (nSPS) is 15.5. The van der Waals surface area contributed by atoms with E-state index in [0.717, 1.165) is 41.7 Å². The minimum atomic E-state index is -0.231. The number of likely N-dealkylation sites (tertiary alicyclic amines) is 1. The van der Waals surface area contributed by atoms with E-state index in [1.165, 1.54) is 24.6 Å². The first-order valence-corrected chi connectivity index (χ1v) is 11.1. The highest BCUT2D eigenvalue weighted by molar-refractivity contribution is 8.00. The number of benzene rings is 1. The van der Waals surface area contributed by atoms with Gasteiger partial charge in [0, 0.05) is 40.6 Å². The van der Waals surface area contributed by atoms with Crippen molar-refractivity contribution in [2.45, 2.75) is 63.4 Å². The van der Waals surface area contributed by atoms with Gasteiger partial charge in [0.15, 0.2) is 0 Å². The number of aromatic nitrogens is 1. The average molecular weight is 402 g/mol. The molecule has 3 rings (SSSR count). The number of nitrogens with one attached hydrogen (secondary N) is 1. The van der Waals surface area contributed by atoms with Gasteiger partial charge < -0.3 is 14.8 Å². The summed E-state index contributed by atoms with van der Waals surface area (Å²) in [4.78, 5) is 28.1. The number of rotatable bonds is 5. The smallest absolute Gasteiger partial charge is 0.242 e. The van der Waals surface area contributed by atoms with E-state index in [1.54, 1.807) is 0 Å². The Bertz CT molecular complexity index is 830. The average Bonchev–Trinajstić information content (AvgIpc) is 2.81. The van der Waals surface area contributed by atoms with Crippen molar-refractivity contribution in [1.82, 2.24) is 14.8 Å². The summed E-state index contributed by atoms with van der Waals surface area (Å²) in [5, 5.41) is 4.09. The Balaban J connectivity index is 1.73. The standard InChI is InChI=1S/C22H31N3O2S/c1-22(2,3)23-20(26)16-28-19-14-25(18-11-7-6-10-17(18)19)15-21(27)24-12-8-4-5-9-13-24/h6-7,10-11,14H,4-5,8-9,12-13,15-16H2,1-3H3,(H,23,26). The molecule has 152 valence electrons. The number of fused-ring (bicyclic) bond motifs is 1. The van der Waals surface area contributed by atoms with Crippen LogP contribution >= 0.6 is 11.8 Å². The van der Waals surface area contributed by atoms with Gasteiger partial charge in [-0.15, -0.1) is 11.8 Å². The lowest BCUT2D eigenvalue weighted by molar-refractivity contribution is -0.131. The Morgan fingerprint density at radius 2 is 1.75 bits per heavy atom. The molecule has 0 atom stereocenters. The van der Waals surface area contributed by atoms with E-state index in [4.69, 9.17) is 0 Å². The van der Waals surface area contributed by atoms with Crippen LogP contribution < -0.4 is 5.32 Å². The van der Waals surface area contributed by atoms with E-state index in [-0.39, 0.29) is 17.4 Å². The van der Waals surface area contributed by atoms with E-state index in [2.05, 4.69) is 11.4 Å². The van der Waals surface area contributed by atoms with Crippen molar-refractivity contribution in [2.24, 2.45) is 0 Å². The fourth-order valence-electron chi connectivity index (χ4n) is 3.62. The Morgan fingerprint density at radius 1 is 1.07 bits per heavy atom. The summed E-state index contributed by atoms with van der Waals surface area (Å²) in [5.74, 6) is 0.574. The van der Waals surface area contributed by atoms with Crippen molar-refractivity contribution in [3.63, 3.8) is 0 Å². The summed E-state index contributed by atoms with van der Waals surface area (Å²) in [6.07, 6.45) is 6.65. The minimum Gasteiger partial charge on any atom is -0.351 e. The maximum Gasteiger partial charge on any atom is 0.242 e. The number of para-hydroxylation sites is 1. The number of hydrogen-bond acceptors (Lipinski definition) is 3. The van der Waals surface area contributed by atoms with Crippen molar-refractivity contribution in [3.05, 3.63) is 30.5 Å². The SMILES string of the molecule is CC(C)(C)NC(=O)CSc1cn(CC(=O)N2CCCCCC2)c2ccccc12. The van der Waals surface area contributed by atoms with Crippen LogP contribution in [0.25, 0.3) is 10.9 Å². The van der Waals surface area contributed by atoms with Gasteiger partial charge in [-0.3, -0.25) is 9.59 Å². The lowest BCUT2D eigenvalue weighted by Gasteiger charge is -2.20. The number of carbonyl (C=O) groups excluding carboxylic acids is 2. The van der Waals surface area contributed by atoms with Gasteiger partial charge in [-0.25, -0.2) is 0 Å². The van der Waals surface area contributed by atoms with Crippen LogP contribution in [0.5, 0.6) is 0 Å². The molecule has 0 bridgehead atoms. The first-order chi connectivity index (χ1) is 13.3. The van der Waals surface area contributed by atoms with Crippen LogP contribution in [0.4, 0.5) is 0 Å². The summed E-state index contributed by atoms with van der Waals surface area (Å²) in [6.45, 7) is 8.04. The van der Waals surface area contributed by atoms with Crippen LogP contribution in [0.2, 0.25) is 0 Å². The molecule has 28 heavy (non-hydrogen) atoms. The molecule has 5 nitrogen and oxygen atoms in total. The third-order valence-electron chi connectivity index (χ3n) is 4.89. The first kappa shape index (κ1) is 20.8. The van der Waals surface area contributed by atoms with Crippen molar-refractivity contribution in [3.8, 4) is 0 Å². The molecule has 1 aliphatic rings. The van der Waals surface area contributed by atoms with E-state index >= 15 is 0 Å². The zero-order valence-electron chi connectivity index (χ0n) is 17.2. The molecule has 0 spiro atoms. The Kier molecular flexibility index (Phi) is 6.70. The van der Waals surface area contributed by atoms with Gasteiger partial charge in [0.05, 0.1) is 5.75 Å². The summed E-state index contributed by atoms with van der Waals surface area (Å²) >= 11 is 1.53. The van der Waals surface area contributed by atoms with Gasteiger partial charge in [-0.05, 0) is 39.7 Å². The molecule has 1 saturated heterocycles. The minimum absolute atomic E-state index is 0.0231. The maximum absolute atomic E-state index is 12.8. The lowest BCUT2D eigenvalue weighted by Crippen LogP contribution is -2.41. The first-order valence-electron chi connectivity index (χ1n) is 10.1. The molecule has 2 amide bonds. The van der Waals surface area contributed by atoms with Crippen molar-refractivity contribution in [1.29, 1.82) is 0 Å². The lowest BCUT2D eigenvalue weighted by atomic mass is 10.1. The van der Waals surface area contributed by atoms with Gasteiger partial charge in [0.25, 0.3) is 0 Å². The van der Waals surface area contributed by atoms with E-state index in [1.807, 2.05) is 54.6 Å². The highest BCUT2D eigenvalue weighted by atomic mass is 32.2. The topological polar surface area (TPSA) is 54.3 Å². The molecule has 0 saturated carbocycles. The molecular weight excluding hydrogens is 370 g/mol. The second-order valence-corrected chi connectivity index (χ2v) is 9.54. The number of thioether (sulfide) groups is 1. The molecule has 6 heteroatoms. The second kappa shape index (κ2) is 9.03. The third-order valence-corrected chi connectivity index (χ3v) is 5.93. The third kappa shape index (κ3) is 5.53. The van der Waals surface area contributed by atoms with E-state index in [0.29, 0.717) is 12.3 Å². The molecule has 2 aromatic rings. The molecule has 1 aromatic heterocycles. The molecule has 0 aliphatic carbocycles. The van der Waals surface area contributed by atoms with Crippen LogP contribution in [0.1, 0.15) is 46.5 Å². The summed E-state index contributed by atoms with van der Waals surface area (Å²) in [5.41, 5.74) is 0.815. The zero-order valence-corrected chi connectivity index (χ0v) is 18.0. The van der Waals surface area contributed by atoms with E-state index in [9.17, 15) is 9.59 Å². The maximum atomic E-state index is 12.8. The molecular formula is C22H31N3O2S. The predicted molar refractivity (Wildman–Crippen MR) is 116 cm³/mol. The summed E-state index contributed by atoms with van der Waals surface area (Å²) < 4.78 is 2.03. The Labute approximate surface area is 171 Å². The molecule has 1 aromatic carbocycles. The fourth-order valence-corrected chi connectivity index (χ4v) is 4.51. The molecule has 1 fully saturated rings. The van der Waals surface area contributed by atoms with Crippen LogP contribution in [-0.4, -0.2) is 45.7 Å². The van der Waals surface area contributed by atoms with Crippen LogP contribution in [0, 0.1) is 0 Å². The second-order valence-electron chi connectivity index (χ2n) is 8.52. The van der Waals surface area contributed by atoms with Crippen molar-refractivity contribution in [2.75, 3.05) is 18.8 Å². The Hall–Kier alpha value is -1.95. The fraction of sp³-hybridized carbons (Fsp3) is 0.545. The molecule has 2 heterocycles. The number of carbonyl (C=O) groups is 2. The van der Waals surface area contributed by atoms with Gasteiger partial charge in [0.2, 0.25) is 11.8 Å². The van der Waals surface area contributed by atoms with E-state index < -0.39 is 0 Å². The largest absolute Gasteiger partial charge is 0.351 e. The summed E-state index contributed by atoms with van der Waals surface area (Å²) in [6, 6.07) is 8.11. The quantitative estimate of drug-likeness (QED) is 0.769. The molecule has 1 N–H and O–H groups in total. The number of hydrogen-bond donors (Lipinski definition) is 1. The van der Waals surface area contributed by atoms with Crippen LogP contribution in [0.15, 0.2) is 35.4 Å². The Morgan fingerprint density at radius 3 is 2.43 bits per heavy atom. The number of amides is 2. The van der Waals surface area contributed by atoms with Crippen molar-refractivity contribution >= 4 is 34.5 Å². The number of nitrogens with zero attached hydrogens (tertiary/aromatic N) is 2. The molecule has 0 unspecified atom stereocenters. The monoisotopic (exact) mass is 401 g/mol.